The van der Waals surface area contributed by atoms with Gasteiger partial charge in [-0.15, -0.1) is 0 Å². The third-order valence-electron chi connectivity index (χ3n) is 5.10. The van der Waals surface area contributed by atoms with E-state index in [4.69, 9.17) is 5.73 Å². The molecule has 5 N–H and O–H groups in total. The summed E-state index contributed by atoms with van der Waals surface area (Å²) in [5, 5.41) is 7.53. The Morgan fingerprint density at radius 2 is 1.50 bits per heavy atom. The van der Waals surface area contributed by atoms with E-state index in [0.717, 1.165) is 12.1 Å². The predicted molar refractivity (Wildman–Crippen MR) is 121 cm³/mol. The first-order valence-corrected chi connectivity index (χ1v) is 10.7. The van der Waals surface area contributed by atoms with Crippen LogP contribution in [0.4, 0.5) is 8.78 Å². The Hall–Kier alpha value is -3.82. The van der Waals surface area contributed by atoms with E-state index in [1.807, 2.05) is 0 Å². The van der Waals surface area contributed by atoms with Crippen LogP contribution in [-0.4, -0.2) is 41.8 Å². The summed E-state index contributed by atoms with van der Waals surface area (Å²) in [6.07, 6.45) is -0.161. The topological polar surface area (TPSA) is 130 Å². The monoisotopic (exact) mass is 474 g/mol. The third-order valence-corrected chi connectivity index (χ3v) is 5.10. The maximum atomic E-state index is 13.7. The number of carbonyl (C=O) groups excluding carboxylic acids is 4. The zero-order valence-corrected chi connectivity index (χ0v) is 19.1. The number of amides is 4. The van der Waals surface area contributed by atoms with E-state index in [0.29, 0.717) is 0 Å². The van der Waals surface area contributed by atoms with E-state index in [9.17, 15) is 28.0 Å². The van der Waals surface area contributed by atoms with Crippen LogP contribution < -0.4 is 21.7 Å². The van der Waals surface area contributed by atoms with Crippen LogP contribution in [-0.2, 0) is 20.8 Å². The van der Waals surface area contributed by atoms with Crippen molar-refractivity contribution < 1.29 is 28.0 Å². The van der Waals surface area contributed by atoms with Crippen molar-refractivity contribution in [1.29, 1.82) is 0 Å². The van der Waals surface area contributed by atoms with Crippen LogP contribution in [0.2, 0.25) is 0 Å². The van der Waals surface area contributed by atoms with Crippen LogP contribution in [0.25, 0.3) is 0 Å². The number of halogens is 2. The highest BCUT2D eigenvalue weighted by Gasteiger charge is 2.28. The molecule has 0 saturated heterocycles. The van der Waals surface area contributed by atoms with Crippen LogP contribution in [0.5, 0.6) is 0 Å². The number of rotatable bonds is 10. The molecule has 0 heterocycles. The van der Waals surface area contributed by atoms with Crippen molar-refractivity contribution in [3.05, 3.63) is 71.3 Å². The zero-order chi connectivity index (χ0) is 25.4. The van der Waals surface area contributed by atoms with Crippen LogP contribution in [0.15, 0.2) is 48.5 Å². The zero-order valence-electron chi connectivity index (χ0n) is 19.1. The first kappa shape index (κ1) is 26.4. The summed E-state index contributed by atoms with van der Waals surface area (Å²) in [6.45, 7) is 4.81. The highest BCUT2D eigenvalue weighted by molar-refractivity contribution is 5.98. The first-order chi connectivity index (χ1) is 16.0. The van der Waals surface area contributed by atoms with Crippen molar-refractivity contribution in [3.8, 4) is 0 Å². The Labute approximate surface area is 196 Å². The Morgan fingerprint density at radius 1 is 0.853 bits per heavy atom. The summed E-state index contributed by atoms with van der Waals surface area (Å²) in [7, 11) is 0. The van der Waals surface area contributed by atoms with E-state index in [1.165, 1.54) is 13.0 Å². The minimum Gasteiger partial charge on any atom is -0.368 e. The third kappa shape index (κ3) is 7.36. The Bertz CT molecular complexity index is 1050. The lowest BCUT2D eigenvalue weighted by atomic mass is 10.0. The molecule has 3 atom stereocenters. The van der Waals surface area contributed by atoms with Gasteiger partial charge in [-0.05, 0) is 42.7 Å². The molecule has 0 aliphatic carbocycles. The molecule has 0 aliphatic rings. The molecule has 182 valence electrons. The van der Waals surface area contributed by atoms with Crippen molar-refractivity contribution in [2.45, 2.75) is 45.3 Å². The Kier molecular flexibility index (Phi) is 9.23. The summed E-state index contributed by atoms with van der Waals surface area (Å²) in [5.41, 5.74) is 5.86. The molecular weight excluding hydrogens is 446 g/mol. The lowest BCUT2D eigenvalue weighted by molar-refractivity contribution is -0.132. The van der Waals surface area contributed by atoms with Crippen LogP contribution >= 0.6 is 0 Å². The molecule has 10 heteroatoms. The maximum Gasteiger partial charge on any atom is 0.251 e. The molecule has 0 spiro atoms. The average molecular weight is 475 g/mol. The second kappa shape index (κ2) is 11.9. The minimum atomic E-state index is -1.20. The standard InChI is InChI=1S/C24H28F2N4O4/c1-13(2)20(21(27)31)30-22(32)14(3)28-24(34)19(12-15-9-10-17(25)18(26)11-15)29-23(33)16-7-5-4-6-8-16/h4-11,13-14,19-20H,12H2,1-3H3,(H2,27,31)(H,28,34)(H,29,33)(H,30,32). The molecule has 34 heavy (non-hydrogen) atoms. The number of nitrogens with one attached hydrogen (secondary N) is 3. The quantitative estimate of drug-likeness (QED) is 0.415. The highest BCUT2D eigenvalue weighted by Crippen LogP contribution is 2.12. The predicted octanol–water partition coefficient (Wildman–Crippen LogP) is 1.44. The van der Waals surface area contributed by atoms with E-state index < -0.39 is 53.4 Å². The SMILES string of the molecule is CC(NC(=O)C(Cc1ccc(F)c(F)c1)NC(=O)c1ccccc1)C(=O)NC(C(N)=O)C(C)C. The molecule has 0 aromatic heterocycles. The Morgan fingerprint density at radius 3 is 2.06 bits per heavy atom. The fraction of sp³-hybridized carbons (Fsp3) is 0.333. The summed E-state index contributed by atoms with van der Waals surface area (Å²) in [4.78, 5) is 49.6. The van der Waals surface area contributed by atoms with Gasteiger partial charge in [0.25, 0.3) is 5.91 Å². The van der Waals surface area contributed by atoms with Crippen molar-refractivity contribution in [3.63, 3.8) is 0 Å². The smallest absolute Gasteiger partial charge is 0.251 e. The van der Waals surface area contributed by atoms with Gasteiger partial charge in [-0.25, -0.2) is 8.78 Å². The fourth-order valence-electron chi connectivity index (χ4n) is 3.17. The van der Waals surface area contributed by atoms with Crippen LogP contribution in [0.1, 0.15) is 36.7 Å². The average Bonchev–Trinajstić information content (AvgIpc) is 2.79. The van der Waals surface area contributed by atoms with E-state index in [2.05, 4.69) is 16.0 Å². The largest absolute Gasteiger partial charge is 0.368 e. The molecule has 2 aromatic rings. The molecule has 0 saturated carbocycles. The first-order valence-electron chi connectivity index (χ1n) is 10.7. The summed E-state index contributed by atoms with van der Waals surface area (Å²) >= 11 is 0. The molecule has 8 nitrogen and oxygen atoms in total. The summed E-state index contributed by atoms with van der Waals surface area (Å²) in [6, 6.07) is 8.06. The van der Waals surface area contributed by atoms with Crippen molar-refractivity contribution in [2.24, 2.45) is 11.7 Å². The molecule has 0 aliphatic heterocycles. The maximum absolute atomic E-state index is 13.7. The van der Waals surface area contributed by atoms with Gasteiger partial charge in [0.15, 0.2) is 11.6 Å². The van der Waals surface area contributed by atoms with Gasteiger partial charge >= 0.3 is 0 Å². The number of carbonyl (C=O) groups is 4. The lowest BCUT2D eigenvalue weighted by Gasteiger charge is -2.24. The van der Waals surface area contributed by atoms with E-state index in [1.54, 1.807) is 44.2 Å². The van der Waals surface area contributed by atoms with Crippen LogP contribution in [0.3, 0.4) is 0 Å². The van der Waals surface area contributed by atoms with Crippen molar-refractivity contribution in [2.75, 3.05) is 0 Å². The molecule has 2 rings (SSSR count). The van der Waals surface area contributed by atoms with E-state index >= 15 is 0 Å². The summed E-state index contributed by atoms with van der Waals surface area (Å²) < 4.78 is 27.0. The van der Waals surface area contributed by atoms with Gasteiger partial charge in [-0.3, -0.25) is 19.2 Å². The van der Waals surface area contributed by atoms with Gasteiger partial charge in [0.1, 0.15) is 18.1 Å². The van der Waals surface area contributed by atoms with Gasteiger partial charge in [0, 0.05) is 12.0 Å². The van der Waals surface area contributed by atoms with Crippen molar-refractivity contribution in [1.82, 2.24) is 16.0 Å². The Balaban J connectivity index is 2.18. The van der Waals surface area contributed by atoms with Gasteiger partial charge in [0.05, 0.1) is 0 Å². The number of nitrogens with two attached hydrogens (primary N) is 1. The number of primary amides is 1. The number of benzene rings is 2. The van der Waals surface area contributed by atoms with Gasteiger partial charge in [-0.1, -0.05) is 38.1 Å². The van der Waals surface area contributed by atoms with Crippen molar-refractivity contribution >= 4 is 23.6 Å². The molecule has 3 unspecified atom stereocenters. The molecule has 4 amide bonds. The number of hydrogen-bond acceptors (Lipinski definition) is 4. The minimum absolute atomic E-state index is 0.161. The second-order valence-corrected chi connectivity index (χ2v) is 8.21. The normalized spacial score (nSPS) is 13.5. The highest BCUT2D eigenvalue weighted by atomic mass is 19.2. The fourth-order valence-corrected chi connectivity index (χ4v) is 3.17. The lowest BCUT2D eigenvalue weighted by Crippen LogP contribution is -2.56. The molecule has 2 aromatic carbocycles. The van der Waals surface area contributed by atoms with Gasteiger partial charge in [-0.2, -0.15) is 0 Å². The molecular formula is C24H28F2N4O4. The van der Waals surface area contributed by atoms with E-state index in [-0.39, 0.29) is 23.5 Å². The van der Waals surface area contributed by atoms with Gasteiger partial charge < -0.3 is 21.7 Å². The number of hydrogen-bond donors (Lipinski definition) is 4. The molecule has 0 radical (unpaired) electrons. The molecule has 0 fully saturated rings. The second-order valence-electron chi connectivity index (χ2n) is 8.21. The summed E-state index contributed by atoms with van der Waals surface area (Å²) in [5.74, 6) is -5.05. The molecule has 0 bridgehead atoms. The van der Waals surface area contributed by atoms with Crippen LogP contribution in [0, 0.1) is 17.6 Å². The van der Waals surface area contributed by atoms with Gasteiger partial charge in [0.2, 0.25) is 17.7 Å².